The minimum absolute atomic E-state index is 0. The normalized spacial score (nSPS) is 6.00. The SMILES string of the molecule is CC(O)O.[LiH].[LiH]. The fraction of sp³-hybridized carbons (Fsp3) is 1.00. The summed E-state index contributed by atoms with van der Waals surface area (Å²) in [6.45, 7) is 1.28. The molecule has 30 valence electrons. The second kappa shape index (κ2) is 9.45. The molecule has 0 heterocycles. The molecule has 0 unspecified atom stereocenters. The molecule has 0 aromatic carbocycles. The van der Waals surface area contributed by atoms with Gasteiger partial charge < -0.3 is 10.2 Å². The zero-order valence-electron chi connectivity index (χ0n) is 2.47. The third-order valence-electron chi connectivity index (χ3n) is 0. The Morgan fingerprint density at radius 2 is 1.17 bits per heavy atom. The van der Waals surface area contributed by atoms with E-state index >= 15 is 0 Å². The van der Waals surface area contributed by atoms with Crippen LogP contribution in [-0.2, 0) is 0 Å². The van der Waals surface area contributed by atoms with Crippen LogP contribution in [0.15, 0.2) is 0 Å². The molecule has 0 saturated carbocycles. The Morgan fingerprint density at radius 1 is 1.17 bits per heavy atom. The average Bonchev–Trinajstić information content (AvgIpc) is 0.811. The molecule has 0 amide bonds. The van der Waals surface area contributed by atoms with Crippen molar-refractivity contribution in [2.45, 2.75) is 13.2 Å². The van der Waals surface area contributed by atoms with Crippen LogP contribution in [0.3, 0.4) is 0 Å². The van der Waals surface area contributed by atoms with Crippen molar-refractivity contribution in [2.24, 2.45) is 0 Å². The first-order valence-electron chi connectivity index (χ1n) is 1.09. The summed E-state index contributed by atoms with van der Waals surface area (Å²) in [4.78, 5) is 0. The Kier molecular flexibility index (Phi) is 24.7. The van der Waals surface area contributed by atoms with E-state index < -0.39 is 6.29 Å². The molecule has 0 aliphatic carbocycles. The summed E-state index contributed by atoms with van der Waals surface area (Å²) < 4.78 is 0. The van der Waals surface area contributed by atoms with E-state index in [1.165, 1.54) is 6.92 Å². The summed E-state index contributed by atoms with van der Waals surface area (Å²) in [5.41, 5.74) is 0. The van der Waals surface area contributed by atoms with Gasteiger partial charge in [0.2, 0.25) is 0 Å². The Hall–Kier alpha value is 1.11. The third-order valence-corrected chi connectivity index (χ3v) is 0. The van der Waals surface area contributed by atoms with Gasteiger partial charge in [-0.3, -0.25) is 0 Å². The molecule has 0 saturated heterocycles. The topological polar surface area (TPSA) is 40.5 Å². The van der Waals surface area contributed by atoms with E-state index in [0.717, 1.165) is 0 Å². The van der Waals surface area contributed by atoms with Gasteiger partial charge in [0, 0.05) is 0 Å². The van der Waals surface area contributed by atoms with Gasteiger partial charge in [-0.2, -0.15) is 0 Å². The molecule has 4 heteroatoms. The van der Waals surface area contributed by atoms with Crippen LogP contribution < -0.4 is 0 Å². The maximum atomic E-state index is 7.61. The van der Waals surface area contributed by atoms with Crippen molar-refractivity contribution < 1.29 is 10.2 Å². The van der Waals surface area contributed by atoms with Gasteiger partial charge in [-0.25, -0.2) is 0 Å². The molecule has 0 fully saturated rings. The van der Waals surface area contributed by atoms with Crippen LogP contribution in [0.5, 0.6) is 0 Å². The number of hydrogen-bond acceptors (Lipinski definition) is 2. The molecule has 0 aliphatic heterocycles. The monoisotopic (exact) mass is 78.1 g/mol. The van der Waals surface area contributed by atoms with Crippen molar-refractivity contribution in [3.8, 4) is 0 Å². The van der Waals surface area contributed by atoms with Crippen LogP contribution in [0, 0.1) is 0 Å². The van der Waals surface area contributed by atoms with E-state index in [4.69, 9.17) is 10.2 Å². The number of hydrogen-bond donors (Lipinski definition) is 2. The van der Waals surface area contributed by atoms with Crippen LogP contribution in [0.25, 0.3) is 0 Å². The van der Waals surface area contributed by atoms with Gasteiger partial charge in [-0.1, -0.05) is 0 Å². The molecule has 0 rings (SSSR count). The fourth-order valence-corrected chi connectivity index (χ4v) is 0. The molecule has 0 aromatic rings. The van der Waals surface area contributed by atoms with Crippen LogP contribution in [0.2, 0.25) is 0 Å². The summed E-state index contributed by atoms with van der Waals surface area (Å²) in [5, 5.41) is 15.2. The van der Waals surface area contributed by atoms with Gasteiger partial charge in [-0.05, 0) is 6.92 Å². The molecule has 0 atom stereocenters. The molecule has 6 heavy (non-hydrogen) atoms. The average molecular weight is 78.0 g/mol. The van der Waals surface area contributed by atoms with Gasteiger partial charge in [0.25, 0.3) is 0 Å². The van der Waals surface area contributed by atoms with E-state index in [1.807, 2.05) is 0 Å². The molecule has 0 bridgehead atoms. The zero-order valence-corrected chi connectivity index (χ0v) is 2.47. The first-order chi connectivity index (χ1) is 1.73. The van der Waals surface area contributed by atoms with Crippen LogP contribution in [-0.4, -0.2) is 54.2 Å². The van der Waals surface area contributed by atoms with E-state index in [2.05, 4.69) is 0 Å². The molecule has 2 nitrogen and oxygen atoms in total. The summed E-state index contributed by atoms with van der Waals surface area (Å²) in [5.74, 6) is 0. The zero-order chi connectivity index (χ0) is 3.58. The summed E-state index contributed by atoms with van der Waals surface area (Å²) in [7, 11) is 0. The number of rotatable bonds is 0. The molecule has 0 radical (unpaired) electrons. The van der Waals surface area contributed by atoms with Crippen molar-refractivity contribution in [3.05, 3.63) is 0 Å². The maximum absolute atomic E-state index is 7.61. The first-order valence-corrected chi connectivity index (χ1v) is 1.09. The summed E-state index contributed by atoms with van der Waals surface area (Å²) in [6, 6.07) is 0. The summed E-state index contributed by atoms with van der Waals surface area (Å²) in [6.07, 6.45) is -1.17. The van der Waals surface area contributed by atoms with E-state index in [9.17, 15) is 0 Å². The molecular weight excluding hydrogens is 69.9 g/mol. The van der Waals surface area contributed by atoms with E-state index in [0.29, 0.717) is 0 Å². The Bertz CT molecular complexity index is 14.3. The van der Waals surface area contributed by atoms with Crippen molar-refractivity contribution in [1.29, 1.82) is 0 Å². The Labute approximate surface area is 61.3 Å². The standard InChI is InChI=1S/C2H6O2.2Li.2H/c1-2(3)4;;;;/h2-4H,1H3;;;;. The fourth-order valence-electron chi connectivity index (χ4n) is 0. The van der Waals surface area contributed by atoms with Gasteiger partial charge in [0.05, 0.1) is 0 Å². The Balaban J connectivity index is -0.0000000450. The number of aliphatic hydroxyl groups excluding tert-OH is 1. The Morgan fingerprint density at radius 3 is 1.17 bits per heavy atom. The van der Waals surface area contributed by atoms with Crippen molar-refractivity contribution in [3.63, 3.8) is 0 Å². The van der Waals surface area contributed by atoms with Gasteiger partial charge in [0.15, 0.2) is 0 Å². The van der Waals surface area contributed by atoms with Crippen LogP contribution in [0.1, 0.15) is 6.92 Å². The minimum atomic E-state index is -1.17. The van der Waals surface area contributed by atoms with Crippen molar-refractivity contribution in [1.82, 2.24) is 0 Å². The predicted molar refractivity (Wildman–Crippen MR) is 28.2 cm³/mol. The van der Waals surface area contributed by atoms with E-state index in [1.54, 1.807) is 0 Å². The molecule has 0 aliphatic rings. The van der Waals surface area contributed by atoms with Crippen molar-refractivity contribution >= 4 is 37.7 Å². The molecule has 0 spiro atoms. The van der Waals surface area contributed by atoms with Crippen LogP contribution in [0.4, 0.5) is 0 Å². The van der Waals surface area contributed by atoms with Gasteiger partial charge >= 0.3 is 37.7 Å². The second-order valence-corrected chi connectivity index (χ2v) is 0.632. The van der Waals surface area contributed by atoms with Crippen molar-refractivity contribution in [2.75, 3.05) is 0 Å². The molecule has 0 aromatic heterocycles. The third kappa shape index (κ3) is 69.7. The quantitative estimate of drug-likeness (QED) is 0.260. The molecule has 2 N–H and O–H groups in total. The first kappa shape index (κ1) is 15.7. The van der Waals surface area contributed by atoms with Crippen LogP contribution >= 0.6 is 0 Å². The van der Waals surface area contributed by atoms with E-state index in [-0.39, 0.29) is 37.7 Å². The summed E-state index contributed by atoms with van der Waals surface area (Å²) >= 11 is 0. The second-order valence-electron chi connectivity index (χ2n) is 0.632. The van der Waals surface area contributed by atoms with Gasteiger partial charge in [-0.15, -0.1) is 0 Å². The van der Waals surface area contributed by atoms with Gasteiger partial charge in [0.1, 0.15) is 6.29 Å². The number of aliphatic hydroxyl groups is 2. The molecular formula is C2H8Li2O2. The predicted octanol–water partition coefficient (Wildman–Crippen LogP) is -1.98.